The van der Waals surface area contributed by atoms with Crippen molar-refractivity contribution in [1.29, 1.82) is 0 Å². The van der Waals surface area contributed by atoms with Crippen LogP contribution < -0.4 is 10.0 Å². The highest BCUT2D eigenvalue weighted by atomic mass is 32.2. The minimum absolute atomic E-state index is 0.157. The molecule has 1 heterocycles. The summed E-state index contributed by atoms with van der Waals surface area (Å²) in [6, 6.07) is 1.91. The zero-order valence-corrected chi connectivity index (χ0v) is 12.4. The SMILES string of the molecule is CCCC1CC1NS(=O)(=O)c1cc(CNC)cs1. The maximum Gasteiger partial charge on any atom is 0.250 e. The first kappa shape index (κ1) is 14.0. The summed E-state index contributed by atoms with van der Waals surface area (Å²) >= 11 is 1.29. The summed E-state index contributed by atoms with van der Waals surface area (Å²) in [4.78, 5) is 0. The molecule has 0 radical (unpaired) electrons. The molecule has 2 N–H and O–H groups in total. The van der Waals surface area contributed by atoms with Gasteiger partial charge in [0.2, 0.25) is 10.0 Å². The van der Waals surface area contributed by atoms with Crippen LogP contribution in [0.25, 0.3) is 0 Å². The molecule has 1 aromatic heterocycles. The first-order valence-corrected chi connectivity index (χ1v) is 8.67. The summed E-state index contributed by atoms with van der Waals surface area (Å²) in [6.45, 7) is 2.83. The van der Waals surface area contributed by atoms with Crippen LogP contribution in [0.15, 0.2) is 15.7 Å². The van der Waals surface area contributed by atoms with Gasteiger partial charge < -0.3 is 5.32 Å². The van der Waals surface area contributed by atoms with Gasteiger partial charge in [0.25, 0.3) is 0 Å². The van der Waals surface area contributed by atoms with Gasteiger partial charge in [-0.05, 0) is 42.8 Å². The summed E-state index contributed by atoms with van der Waals surface area (Å²) < 4.78 is 27.5. The second-order valence-corrected chi connectivity index (χ2v) is 7.67. The van der Waals surface area contributed by atoms with E-state index in [2.05, 4.69) is 17.0 Å². The Labute approximate surface area is 113 Å². The molecule has 1 aromatic rings. The summed E-state index contributed by atoms with van der Waals surface area (Å²) in [5.74, 6) is 0.543. The van der Waals surface area contributed by atoms with Gasteiger partial charge in [0.15, 0.2) is 0 Å². The lowest BCUT2D eigenvalue weighted by Crippen LogP contribution is -2.26. The van der Waals surface area contributed by atoms with E-state index in [0.29, 0.717) is 16.7 Å². The molecule has 1 aliphatic rings. The first-order valence-electron chi connectivity index (χ1n) is 6.31. The van der Waals surface area contributed by atoms with Crippen molar-refractivity contribution < 1.29 is 8.42 Å². The zero-order chi connectivity index (χ0) is 13.2. The molecule has 2 rings (SSSR count). The monoisotopic (exact) mass is 288 g/mol. The largest absolute Gasteiger partial charge is 0.316 e. The molecule has 0 spiro atoms. The molecule has 4 nitrogen and oxygen atoms in total. The van der Waals surface area contributed by atoms with Crippen LogP contribution in [0.4, 0.5) is 0 Å². The van der Waals surface area contributed by atoms with Crippen LogP contribution in [0.5, 0.6) is 0 Å². The van der Waals surface area contributed by atoms with Crippen LogP contribution in [0, 0.1) is 5.92 Å². The van der Waals surface area contributed by atoms with E-state index < -0.39 is 10.0 Å². The molecule has 1 saturated carbocycles. The molecule has 1 aliphatic carbocycles. The maximum atomic E-state index is 12.1. The fraction of sp³-hybridized carbons (Fsp3) is 0.667. The van der Waals surface area contributed by atoms with Gasteiger partial charge in [-0.3, -0.25) is 0 Å². The van der Waals surface area contributed by atoms with Crippen molar-refractivity contribution in [2.24, 2.45) is 5.92 Å². The van der Waals surface area contributed by atoms with Crippen molar-refractivity contribution in [2.45, 2.75) is 43.0 Å². The molecule has 0 bridgehead atoms. The maximum absolute atomic E-state index is 12.1. The standard InChI is InChI=1S/C12H20N2O2S2/c1-3-4-10-6-11(10)14-18(15,16)12-5-9(7-13-2)8-17-12/h5,8,10-11,13-14H,3-4,6-7H2,1-2H3. The summed E-state index contributed by atoms with van der Waals surface area (Å²) in [5, 5.41) is 4.91. The fourth-order valence-corrected chi connectivity index (χ4v) is 4.67. The Bertz CT molecular complexity index is 496. The topological polar surface area (TPSA) is 58.2 Å². The van der Waals surface area contributed by atoms with Crippen molar-refractivity contribution >= 4 is 21.4 Å². The van der Waals surface area contributed by atoms with Crippen molar-refractivity contribution in [2.75, 3.05) is 7.05 Å². The average molecular weight is 288 g/mol. The molecule has 0 saturated heterocycles. The van der Waals surface area contributed by atoms with Crippen LogP contribution in [-0.2, 0) is 16.6 Å². The third-order valence-electron chi connectivity index (χ3n) is 3.16. The summed E-state index contributed by atoms with van der Waals surface area (Å²) in [5.41, 5.74) is 1.02. The molecular formula is C12H20N2O2S2. The fourth-order valence-electron chi connectivity index (χ4n) is 2.13. The Morgan fingerprint density at radius 3 is 2.94 bits per heavy atom. The third kappa shape index (κ3) is 3.32. The van der Waals surface area contributed by atoms with Gasteiger partial charge in [-0.25, -0.2) is 13.1 Å². The van der Waals surface area contributed by atoms with Crippen LogP contribution in [0.3, 0.4) is 0 Å². The van der Waals surface area contributed by atoms with Crippen molar-refractivity contribution in [3.8, 4) is 0 Å². The van der Waals surface area contributed by atoms with E-state index in [9.17, 15) is 8.42 Å². The Balaban J connectivity index is 1.98. The molecule has 2 unspecified atom stereocenters. The normalized spacial score (nSPS) is 23.2. The lowest BCUT2D eigenvalue weighted by Gasteiger charge is -2.03. The minimum atomic E-state index is -3.31. The van der Waals surface area contributed by atoms with E-state index in [1.54, 1.807) is 6.07 Å². The van der Waals surface area contributed by atoms with Crippen molar-refractivity contribution in [3.05, 3.63) is 17.0 Å². The van der Waals surface area contributed by atoms with E-state index in [4.69, 9.17) is 0 Å². The lowest BCUT2D eigenvalue weighted by atomic mass is 10.2. The number of sulfonamides is 1. The number of hydrogen-bond donors (Lipinski definition) is 2. The molecule has 6 heteroatoms. The smallest absolute Gasteiger partial charge is 0.250 e. The lowest BCUT2D eigenvalue weighted by molar-refractivity contribution is 0.575. The third-order valence-corrected chi connectivity index (χ3v) is 6.14. The van der Waals surface area contributed by atoms with Crippen LogP contribution in [0.1, 0.15) is 31.7 Å². The summed E-state index contributed by atoms with van der Waals surface area (Å²) in [6.07, 6.45) is 3.22. The van der Waals surface area contributed by atoms with Crippen molar-refractivity contribution in [3.63, 3.8) is 0 Å². The number of hydrogen-bond acceptors (Lipinski definition) is 4. The Morgan fingerprint density at radius 2 is 2.28 bits per heavy atom. The minimum Gasteiger partial charge on any atom is -0.316 e. The van der Waals surface area contributed by atoms with Crippen molar-refractivity contribution in [1.82, 2.24) is 10.0 Å². The van der Waals surface area contributed by atoms with Gasteiger partial charge in [-0.15, -0.1) is 11.3 Å². The number of thiophene rings is 1. The van der Waals surface area contributed by atoms with E-state index >= 15 is 0 Å². The number of nitrogens with one attached hydrogen (secondary N) is 2. The van der Waals surface area contributed by atoms with Gasteiger partial charge in [-0.1, -0.05) is 13.3 Å². The van der Waals surface area contributed by atoms with E-state index in [1.165, 1.54) is 11.3 Å². The molecule has 102 valence electrons. The van der Waals surface area contributed by atoms with E-state index in [1.807, 2.05) is 12.4 Å². The van der Waals surface area contributed by atoms with Gasteiger partial charge in [0, 0.05) is 12.6 Å². The predicted molar refractivity (Wildman–Crippen MR) is 74.2 cm³/mol. The Kier molecular flexibility index (Phi) is 4.42. The van der Waals surface area contributed by atoms with Crippen LogP contribution in [-0.4, -0.2) is 21.5 Å². The second kappa shape index (κ2) is 5.69. The quantitative estimate of drug-likeness (QED) is 0.806. The molecule has 0 aliphatic heterocycles. The molecule has 0 amide bonds. The molecule has 2 atom stereocenters. The predicted octanol–water partition coefficient (Wildman–Crippen LogP) is 1.93. The molecule has 1 fully saturated rings. The second-order valence-electron chi connectivity index (χ2n) is 4.82. The molecule has 0 aromatic carbocycles. The highest BCUT2D eigenvalue weighted by molar-refractivity contribution is 7.91. The Hall–Kier alpha value is -0.430. The summed E-state index contributed by atoms with van der Waals surface area (Å²) in [7, 11) is -1.45. The highest BCUT2D eigenvalue weighted by Gasteiger charge is 2.39. The number of rotatable bonds is 7. The first-order chi connectivity index (χ1) is 8.56. The van der Waals surface area contributed by atoms with Gasteiger partial charge >= 0.3 is 0 Å². The zero-order valence-electron chi connectivity index (χ0n) is 10.8. The Morgan fingerprint density at radius 1 is 1.50 bits per heavy atom. The van der Waals surface area contributed by atoms with Gasteiger partial charge in [0.1, 0.15) is 4.21 Å². The van der Waals surface area contributed by atoms with E-state index in [-0.39, 0.29) is 6.04 Å². The molecular weight excluding hydrogens is 268 g/mol. The van der Waals surface area contributed by atoms with Gasteiger partial charge in [0.05, 0.1) is 0 Å². The van der Waals surface area contributed by atoms with E-state index in [0.717, 1.165) is 24.8 Å². The highest BCUT2D eigenvalue weighted by Crippen LogP contribution is 2.36. The van der Waals surface area contributed by atoms with Crippen LogP contribution in [0.2, 0.25) is 0 Å². The van der Waals surface area contributed by atoms with Crippen LogP contribution >= 0.6 is 11.3 Å². The molecule has 18 heavy (non-hydrogen) atoms. The average Bonchev–Trinajstić information content (AvgIpc) is 2.84. The van der Waals surface area contributed by atoms with Gasteiger partial charge in [-0.2, -0.15) is 0 Å².